The Morgan fingerprint density at radius 1 is 1.79 bits per heavy atom. The molecule has 76 valence electrons. The van der Waals surface area contributed by atoms with Gasteiger partial charge in [-0.3, -0.25) is 5.21 Å². The van der Waals surface area contributed by atoms with E-state index in [4.69, 9.17) is 15.4 Å². The predicted octanol–water partition coefficient (Wildman–Crippen LogP) is 1.15. The number of amides is 2. The van der Waals surface area contributed by atoms with Crippen molar-refractivity contribution in [1.82, 2.24) is 5.06 Å². The first kappa shape index (κ1) is 9.08. The van der Waals surface area contributed by atoms with Crippen LogP contribution in [-0.2, 0) is 0 Å². The molecule has 2 rings (SSSR count). The van der Waals surface area contributed by atoms with E-state index in [1.165, 1.54) is 0 Å². The first-order valence-electron chi connectivity index (χ1n) is 4.46. The molecule has 0 aliphatic heterocycles. The Morgan fingerprint density at radius 2 is 2.57 bits per heavy atom. The third-order valence-electron chi connectivity index (χ3n) is 2.56. The lowest BCUT2D eigenvalue weighted by Gasteiger charge is -2.10. The summed E-state index contributed by atoms with van der Waals surface area (Å²) in [5, 5.41) is 9.65. The fraction of sp³-hybridized carbons (Fsp3) is 0.444. The fourth-order valence-corrected chi connectivity index (χ4v) is 1.66. The minimum atomic E-state index is -0.803. The highest BCUT2D eigenvalue weighted by Gasteiger charge is 2.40. The van der Waals surface area contributed by atoms with Gasteiger partial charge >= 0.3 is 6.03 Å². The molecule has 0 spiro atoms. The van der Waals surface area contributed by atoms with Crippen LogP contribution in [-0.4, -0.2) is 22.8 Å². The van der Waals surface area contributed by atoms with Gasteiger partial charge in [-0.15, -0.1) is 0 Å². The predicted molar refractivity (Wildman–Crippen MR) is 47.6 cm³/mol. The molecule has 14 heavy (non-hydrogen) atoms. The molecule has 1 aromatic rings. The van der Waals surface area contributed by atoms with Crippen molar-refractivity contribution in [2.24, 2.45) is 11.7 Å². The van der Waals surface area contributed by atoms with Gasteiger partial charge in [0.2, 0.25) is 0 Å². The van der Waals surface area contributed by atoms with Gasteiger partial charge in [0, 0.05) is 0 Å². The van der Waals surface area contributed by atoms with Crippen LogP contribution in [0.15, 0.2) is 23.0 Å². The van der Waals surface area contributed by atoms with E-state index in [-0.39, 0.29) is 0 Å². The maximum atomic E-state index is 10.5. The minimum absolute atomic E-state index is 0.296. The van der Waals surface area contributed by atoms with E-state index in [9.17, 15) is 4.79 Å². The number of nitrogens with zero attached hydrogens (tertiary/aromatic N) is 1. The number of urea groups is 1. The number of furan rings is 1. The van der Waals surface area contributed by atoms with Gasteiger partial charge in [0.15, 0.2) is 0 Å². The molecular formula is C9H12N2O3. The molecule has 0 saturated heterocycles. The molecule has 1 heterocycles. The van der Waals surface area contributed by atoms with Crippen LogP contribution in [0.2, 0.25) is 0 Å². The molecule has 1 saturated carbocycles. The van der Waals surface area contributed by atoms with E-state index in [1.807, 2.05) is 6.07 Å². The SMILES string of the molecule is NC(=O)N(O)CC1CC1c1ccoc1. The number of hydrogen-bond donors (Lipinski definition) is 2. The second kappa shape index (κ2) is 3.34. The molecule has 1 aliphatic rings. The van der Waals surface area contributed by atoms with Gasteiger partial charge in [-0.05, 0) is 29.9 Å². The Kier molecular flexibility index (Phi) is 2.17. The number of primary amides is 1. The van der Waals surface area contributed by atoms with Crippen LogP contribution in [0.25, 0.3) is 0 Å². The summed E-state index contributed by atoms with van der Waals surface area (Å²) in [6, 6.07) is 1.10. The van der Waals surface area contributed by atoms with Gasteiger partial charge in [0.05, 0.1) is 19.1 Å². The molecule has 5 nitrogen and oxygen atoms in total. The Bertz CT molecular complexity index is 323. The van der Waals surface area contributed by atoms with E-state index < -0.39 is 6.03 Å². The standard InChI is InChI=1S/C9H12N2O3/c10-9(12)11(13)4-7-3-8(7)6-1-2-14-5-6/h1-2,5,7-8,13H,3-4H2,(H2,10,12). The van der Waals surface area contributed by atoms with E-state index >= 15 is 0 Å². The molecule has 0 radical (unpaired) electrons. The molecule has 0 bridgehead atoms. The Hall–Kier alpha value is -1.49. The van der Waals surface area contributed by atoms with Crippen LogP contribution in [0.5, 0.6) is 0 Å². The molecule has 2 amide bonds. The molecule has 0 aromatic carbocycles. The number of carbonyl (C=O) groups is 1. The van der Waals surface area contributed by atoms with Crippen LogP contribution in [0.4, 0.5) is 4.79 Å². The molecule has 1 aliphatic carbocycles. The monoisotopic (exact) mass is 196 g/mol. The molecule has 2 atom stereocenters. The third kappa shape index (κ3) is 1.72. The largest absolute Gasteiger partial charge is 0.472 e. The van der Waals surface area contributed by atoms with Crippen molar-refractivity contribution < 1.29 is 14.4 Å². The van der Waals surface area contributed by atoms with Gasteiger partial charge < -0.3 is 10.2 Å². The highest BCUT2D eigenvalue weighted by atomic mass is 16.5. The van der Waals surface area contributed by atoms with Crippen molar-refractivity contribution >= 4 is 6.03 Å². The summed E-state index contributed by atoms with van der Waals surface area (Å²) in [5.41, 5.74) is 6.01. The summed E-state index contributed by atoms with van der Waals surface area (Å²) in [7, 11) is 0. The van der Waals surface area contributed by atoms with Gasteiger partial charge in [0.25, 0.3) is 0 Å². The smallest absolute Gasteiger partial charge is 0.338 e. The van der Waals surface area contributed by atoms with Crippen molar-refractivity contribution in [3.05, 3.63) is 24.2 Å². The maximum absolute atomic E-state index is 10.5. The summed E-state index contributed by atoms with van der Waals surface area (Å²) < 4.78 is 4.95. The van der Waals surface area contributed by atoms with Crippen LogP contribution >= 0.6 is 0 Å². The quantitative estimate of drug-likeness (QED) is 0.562. The first-order chi connectivity index (χ1) is 6.68. The molecule has 5 heteroatoms. The van der Waals surface area contributed by atoms with Crippen LogP contribution < -0.4 is 5.73 Å². The average molecular weight is 196 g/mol. The van der Waals surface area contributed by atoms with Crippen LogP contribution in [0, 0.1) is 5.92 Å². The van der Waals surface area contributed by atoms with Gasteiger partial charge in [-0.2, -0.15) is 0 Å². The fourth-order valence-electron chi connectivity index (χ4n) is 1.66. The summed E-state index contributed by atoms with van der Waals surface area (Å²) >= 11 is 0. The number of hydrogen-bond acceptors (Lipinski definition) is 3. The van der Waals surface area contributed by atoms with Gasteiger partial charge in [-0.1, -0.05) is 0 Å². The molecule has 2 unspecified atom stereocenters. The zero-order chi connectivity index (χ0) is 10.1. The number of carbonyl (C=O) groups excluding carboxylic acids is 1. The van der Waals surface area contributed by atoms with Crippen molar-refractivity contribution in [3.8, 4) is 0 Å². The lowest BCUT2D eigenvalue weighted by atomic mass is 10.2. The summed E-state index contributed by atoms with van der Waals surface area (Å²) in [4.78, 5) is 10.5. The lowest BCUT2D eigenvalue weighted by molar-refractivity contribution is -0.0431. The second-order valence-electron chi connectivity index (χ2n) is 3.58. The molecule has 3 N–H and O–H groups in total. The van der Waals surface area contributed by atoms with Gasteiger partial charge in [-0.25, -0.2) is 9.86 Å². The molecular weight excluding hydrogens is 184 g/mol. The lowest BCUT2D eigenvalue weighted by Crippen LogP contribution is -2.34. The maximum Gasteiger partial charge on any atom is 0.338 e. The van der Waals surface area contributed by atoms with Crippen molar-refractivity contribution in [2.75, 3.05) is 6.54 Å². The van der Waals surface area contributed by atoms with Crippen molar-refractivity contribution in [1.29, 1.82) is 0 Å². The topological polar surface area (TPSA) is 79.7 Å². The second-order valence-corrected chi connectivity index (χ2v) is 3.58. The van der Waals surface area contributed by atoms with E-state index in [2.05, 4.69) is 0 Å². The molecule has 1 fully saturated rings. The van der Waals surface area contributed by atoms with E-state index in [0.29, 0.717) is 23.4 Å². The van der Waals surface area contributed by atoms with Gasteiger partial charge in [0.1, 0.15) is 0 Å². The third-order valence-corrected chi connectivity index (χ3v) is 2.56. The zero-order valence-corrected chi connectivity index (χ0v) is 7.59. The summed E-state index contributed by atoms with van der Waals surface area (Å²) in [6.45, 7) is 0.297. The average Bonchev–Trinajstić information content (AvgIpc) is 2.70. The highest BCUT2D eigenvalue weighted by molar-refractivity contribution is 5.70. The number of rotatable bonds is 3. The van der Waals surface area contributed by atoms with Crippen LogP contribution in [0.1, 0.15) is 17.9 Å². The number of nitrogens with two attached hydrogens (primary N) is 1. The van der Waals surface area contributed by atoms with Crippen molar-refractivity contribution in [3.63, 3.8) is 0 Å². The normalized spacial score (nSPS) is 24.6. The summed E-state index contributed by atoms with van der Waals surface area (Å²) in [6.07, 6.45) is 4.27. The van der Waals surface area contributed by atoms with E-state index in [0.717, 1.165) is 12.0 Å². The summed E-state index contributed by atoms with van der Waals surface area (Å²) in [5.74, 6) is 0.688. The first-order valence-corrected chi connectivity index (χ1v) is 4.46. The molecule has 1 aromatic heterocycles. The Morgan fingerprint density at radius 3 is 3.14 bits per heavy atom. The van der Waals surface area contributed by atoms with E-state index in [1.54, 1.807) is 12.5 Å². The number of hydroxylamine groups is 2. The van der Waals surface area contributed by atoms with Crippen molar-refractivity contribution in [2.45, 2.75) is 12.3 Å². The van der Waals surface area contributed by atoms with Crippen LogP contribution in [0.3, 0.4) is 0 Å². The highest BCUT2D eigenvalue weighted by Crippen LogP contribution is 2.47. The Labute approximate surface area is 81.1 Å². The minimum Gasteiger partial charge on any atom is -0.472 e. The Balaban J connectivity index is 1.85. The zero-order valence-electron chi connectivity index (χ0n) is 7.59.